The number of aromatic nitrogens is 1. The molecule has 2 saturated heterocycles. The minimum absolute atomic E-state index is 0.0369. The summed E-state index contributed by atoms with van der Waals surface area (Å²) in [4.78, 5) is 45.3. The highest BCUT2D eigenvalue weighted by Crippen LogP contribution is 2.29. The van der Waals surface area contributed by atoms with E-state index in [0.717, 1.165) is 21.2 Å². The summed E-state index contributed by atoms with van der Waals surface area (Å²) in [6, 6.07) is 11.9. The van der Waals surface area contributed by atoms with Crippen LogP contribution in [0.25, 0.3) is 11.1 Å². The van der Waals surface area contributed by atoms with Crippen LogP contribution in [0.2, 0.25) is 0 Å². The van der Waals surface area contributed by atoms with Crippen LogP contribution in [-0.4, -0.2) is 58.8 Å². The molecule has 1 aromatic carbocycles. The van der Waals surface area contributed by atoms with E-state index in [-0.39, 0.29) is 30.3 Å². The molecule has 174 valence electrons. The monoisotopic (exact) mass is 539 g/mol. The van der Waals surface area contributed by atoms with Gasteiger partial charge in [-0.05, 0) is 47.2 Å². The van der Waals surface area contributed by atoms with Gasteiger partial charge < -0.3 is 15.0 Å². The summed E-state index contributed by atoms with van der Waals surface area (Å²) in [6.45, 7) is 0.478. The van der Waals surface area contributed by atoms with E-state index in [1.54, 1.807) is 23.4 Å². The number of Topliss-reactive ketones (excluding diaryl/α,β-unsaturated/α-hetero) is 1. The van der Waals surface area contributed by atoms with Gasteiger partial charge in [0.1, 0.15) is 18.7 Å². The number of halogens is 1. The molecule has 3 atom stereocenters. The third kappa shape index (κ3) is 4.68. The molecular weight excluding hydrogens is 518 g/mol. The molecule has 0 spiro atoms. The van der Waals surface area contributed by atoms with Gasteiger partial charge in [0, 0.05) is 35.4 Å². The van der Waals surface area contributed by atoms with Crippen LogP contribution in [-0.2, 0) is 20.7 Å². The number of amides is 2. The number of likely N-dealkylation sites (tertiary alicyclic amines) is 1. The van der Waals surface area contributed by atoms with E-state index in [4.69, 9.17) is 4.74 Å². The summed E-state index contributed by atoms with van der Waals surface area (Å²) in [5, 5.41) is 4.83. The van der Waals surface area contributed by atoms with Crippen LogP contribution in [0.1, 0.15) is 21.7 Å². The van der Waals surface area contributed by atoms with Crippen molar-refractivity contribution in [2.75, 3.05) is 13.2 Å². The van der Waals surface area contributed by atoms with Gasteiger partial charge >= 0.3 is 0 Å². The number of carbonyl (C=O) groups excluding carboxylic acids is 3. The second-order valence-electron chi connectivity index (χ2n) is 8.38. The summed E-state index contributed by atoms with van der Waals surface area (Å²) in [6.07, 6.45) is 4.14. The number of nitrogens with zero attached hydrogens (tertiary/aromatic N) is 2. The highest BCUT2D eigenvalue weighted by molar-refractivity contribution is 9.10. The summed E-state index contributed by atoms with van der Waals surface area (Å²) in [5.74, 6) is -0.657. The van der Waals surface area contributed by atoms with Crippen LogP contribution in [0.15, 0.2) is 64.7 Å². The van der Waals surface area contributed by atoms with Gasteiger partial charge in [-0.2, -0.15) is 0 Å². The first-order valence-corrected chi connectivity index (χ1v) is 12.7. The van der Waals surface area contributed by atoms with Crippen LogP contribution < -0.4 is 5.32 Å². The number of nitrogens with one attached hydrogen (secondary N) is 1. The van der Waals surface area contributed by atoms with Crippen molar-refractivity contribution < 1.29 is 19.1 Å². The van der Waals surface area contributed by atoms with E-state index in [9.17, 15) is 14.4 Å². The second-order valence-corrected chi connectivity index (χ2v) is 10.2. The number of thiophene rings is 1. The molecule has 3 unspecified atom stereocenters. The third-order valence-corrected chi connectivity index (χ3v) is 7.63. The van der Waals surface area contributed by atoms with E-state index in [2.05, 4.69) is 26.2 Å². The third-order valence-electron chi connectivity index (χ3n) is 6.17. The molecule has 1 N–H and O–H groups in total. The average Bonchev–Trinajstić information content (AvgIpc) is 3.58. The smallest absolute Gasteiger partial charge is 0.262 e. The molecule has 0 bridgehead atoms. The Kier molecular flexibility index (Phi) is 6.58. The number of pyridine rings is 1. The van der Waals surface area contributed by atoms with Crippen molar-refractivity contribution in [2.45, 2.75) is 31.0 Å². The Morgan fingerprint density at radius 1 is 1.24 bits per heavy atom. The molecule has 5 rings (SSSR count). The Morgan fingerprint density at radius 3 is 2.82 bits per heavy atom. The number of hydrogen-bond donors (Lipinski definition) is 1. The van der Waals surface area contributed by atoms with Crippen LogP contribution in [0.4, 0.5) is 0 Å². The van der Waals surface area contributed by atoms with Gasteiger partial charge in [-0.25, -0.2) is 0 Å². The maximum atomic E-state index is 13.6. The fourth-order valence-corrected chi connectivity index (χ4v) is 5.55. The van der Waals surface area contributed by atoms with E-state index in [0.29, 0.717) is 24.3 Å². The number of hydrogen-bond acceptors (Lipinski definition) is 6. The number of rotatable bonds is 6. The topological polar surface area (TPSA) is 88.6 Å². The van der Waals surface area contributed by atoms with Crippen molar-refractivity contribution in [3.05, 3.63) is 75.2 Å². The number of carbonyl (C=O) groups is 3. The van der Waals surface area contributed by atoms with Gasteiger partial charge in [0.25, 0.3) is 5.91 Å². The molecular formula is C25H22BrN3O4S. The zero-order valence-electron chi connectivity index (χ0n) is 18.1. The minimum atomic E-state index is -0.801. The first-order valence-electron chi connectivity index (χ1n) is 11.0. The molecule has 2 aliphatic rings. The first kappa shape index (κ1) is 22.9. The lowest BCUT2D eigenvalue weighted by molar-refractivity contribution is -0.138. The maximum Gasteiger partial charge on any atom is 0.262 e. The van der Waals surface area contributed by atoms with Crippen molar-refractivity contribution in [3.63, 3.8) is 0 Å². The Labute approximate surface area is 209 Å². The van der Waals surface area contributed by atoms with Gasteiger partial charge in [0.05, 0.1) is 11.0 Å². The fourth-order valence-electron chi connectivity index (χ4n) is 4.47. The molecule has 34 heavy (non-hydrogen) atoms. The Bertz CT molecular complexity index is 1210. The second kappa shape index (κ2) is 9.77. The number of benzene rings is 1. The summed E-state index contributed by atoms with van der Waals surface area (Å²) in [5.41, 5.74) is 2.73. The van der Waals surface area contributed by atoms with Crippen LogP contribution >= 0.6 is 27.3 Å². The first-order chi connectivity index (χ1) is 16.5. The largest absolute Gasteiger partial charge is 0.368 e. The molecule has 4 heterocycles. The van der Waals surface area contributed by atoms with Gasteiger partial charge in [0.2, 0.25) is 5.91 Å². The molecule has 0 radical (unpaired) electrons. The average molecular weight is 540 g/mol. The van der Waals surface area contributed by atoms with Crippen molar-refractivity contribution >= 4 is 44.9 Å². The molecule has 2 fully saturated rings. The van der Waals surface area contributed by atoms with E-state index < -0.39 is 12.1 Å². The van der Waals surface area contributed by atoms with E-state index in [1.807, 2.05) is 41.8 Å². The number of ketones is 1. The molecule has 0 aliphatic carbocycles. The lowest BCUT2D eigenvalue weighted by Crippen LogP contribution is -2.53. The quantitative estimate of drug-likeness (QED) is 0.518. The molecule has 2 aromatic heterocycles. The van der Waals surface area contributed by atoms with Crippen molar-refractivity contribution in [1.82, 2.24) is 15.2 Å². The predicted octanol–water partition coefficient (Wildman–Crippen LogP) is 3.48. The van der Waals surface area contributed by atoms with Crippen LogP contribution in [0, 0.1) is 0 Å². The van der Waals surface area contributed by atoms with Crippen LogP contribution in [0.3, 0.4) is 0 Å². The highest BCUT2D eigenvalue weighted by Gasteiger charge is 2.48. The standard InChI is InChI=1S/C25H22BrN3O4S/c26-18-5-3-15(4-6-18)10-19(25(32)29-9-7-21-23(29)20(30)13-33-21)28-24(31)22-11-17(14-34-22)16-2-1-8-27-12-16/h1-6,8,11-12,14,19,21,23H,7,9-10,13H2,(H,28,31). The molecule has 0 saturated carbocycles. The summed E-state index contributed by atoms with van der Waals surface area (Å²) < 4.78 is 6.47. The van der Waals surface area contributed by atoms with E-state index >= 15 is 0 Å². The molecule has 7 nitrogen and oxygen atoms in total. The molecule has 3 aromatic rings. The predicted molar refractivity (Wildman–Crippen MR) is 132 cm³/mol. The summed E-state index contributed by atoms with van der Waals surface area (Å²) in [7, 11) is 0. The Hall–Kier alpha value is -2.88. The SMILES string of the molecule is O=C(NC(Cc1ccc(Br)cc1)C(=O)N1CCC2OCC(=O)C21)c1cc(-c2cccnc2)cs1. The minimum Gasteiger partial charge on any atom is -0.368 e. The molecule has 2 aliphatic heterocycles. The zero-order chi connectivity index (χ0) is 23.7. The lowest BCUT2D eigenvalue weighted by atomic mass is 10.0. The van der Waals surface area contributed by atoms with Crippen molar-refractivity contribution in [1.29, 1.82) is 0 Å². The molecule has 9 heteroatoms. The van der Waals surface area contributed by atoms with E-state index in [1.165, 1.54) is 11.3 Å². The molecule has 2 amide bonds. The van der Waals surface area contributed by atoms with Crippen molar-refractivity contribution in [3.8, 4) is 11.1 Å². The van der Waals surface area contributed by atoms with Crippen molar-refractivity contribution in [2.24, 2.45) is 0 Å². The fraction of sp³-hybridized carbons (Fsp3) is 0.280. The van der Waals surface area contributed by atoms with Gasteiger partial charge in [0.15, 0.2) is 5.78 Å². The highest BCUT2D eigenvalue weighted by atomic mass is 79.9. The lowest BCUT2D eigenvalue weighted by Gasteiger charge is -2.27. The maximum absolute atomic E-state index is 13.6. The number of ether oxygens (including phenoxy) is 1. The normalized spacial score (nSPS) is 20.3. The van der Waals surface area contributed by atoms with Gasteiger partial charge in [-0.3, -0.25) is 19.4 Å². The van der Waals surface area contributed by atoms with Gasteiger partial charge in [-0.1, -0.05) is 34.1 Å². The van der Waals surface area contributed by atoms with Crippen LogP contribution in [0.5, 0.6) is 0 Å². The summed E-state index contributed by atoms with van der Waals surface area (Å²) >= 11 is 4.74. The Morgan fingerprint density at radius 2 is 2.06 bits per heavy atom. The zero-order valence-corrected chi connectivity index (χ0v) is 20.6. The Balaban J connectivity index is 1.37. The number of fused-ring (bicyclic) bond motifs is 1. The van der Waals surface area contributed by atoms with Gasteiger partial charge in [-0.15, -0.1) is 11.3 Å².